The van der Waals surface area contributed by atoms with E-state index in [1.165, 1.54) is 6.26 Å². The fraction of sp³-hybridized carbons (Fsp3) is 0.692. The van der Waals surface area contributed by atoms with Crippen molar-refractivity contribution in [2.24, 2.45) is 5.41 Å². The number of nitrogens with zero attached hydrogens (tertiary/aromatic N) is 1. The van der Waals surface area contributed by atoms with E-state index in [4.69, 9.17) is 0 Å². The molecule has 0 aromatic carbocycles. The maximum atomic E-state index is 11.2. The van der Waals surface area contributed by atoms with E-state index >= 15 is 0 Å². The van der Waals surface area contributed by atoms with E-state index in [1.807, 2.05) is 16.8 Å². The van der Waals surface area contributed by atoms with Gasteiger partial charge in [-0.15, -0.1) is 0 Å². The molecule has 1 aliphatic rings. The van der Waals surface area contributed by atoms with Crippen LogP contribution >= 0.6 is 0 Å². The van der Waals surface area contributed by atoms with Crippen molar-refractivity contribution in [2.45, 2.75) is 39.3 Å². The van der Waals surface area contributed by atoms with E-state index in [0.717, 1.165) is 24.1 Å². The number of aromatic nitrogens is 1. The van der Waals surface area contributed by atoms with Crippen molar-refractivity contribution >= 4 is 9.84 Å². The van der Waals surface area contributed by atoms with Gasteiger partial charge >= 0.3 is 0 Å². The van der Waals surface area contributed by atoms with Crippen LogP contribution in [0.15, 0.2) is 12.3 Å². The third kappa shape index (κ3) is 2.95. The first kappa shape index (κ1) is 13.6. The van der Waals surface area contributed by atoms with Gasteiger partial charge in [0.2, 0.25) is 0 Å². The van der Waals surface area contributed by atoms with Crippen LogP contribution in [0.1, 0.15) is 37.6 Å². The van der Waals surface area contributed by atoms with E-state index in [9.17, 15) is 13.5 Å². The number of fused-ring (bicyclic) bond motifs is 1. The summed E-state index contributed by atoms with van der Waals surface area (Å²) in [6.45, 7) is 4.73. The zero-order chi connectivity index (χ0) is 13.6. The van der Waals surface area contributed by atoms with Crippen LogP contribution in [0.5, 0.6) is 0 Å². The van der Waals surface area contributed by atoms with Gasteiger partial charge in [0.15, 0.2) is 0 Å². The molecule has 18 heavy (non-hydrogen) atoms. The SMILES string of the molecule is CC1(C)Cc2c(ccn2CCS(C)(=O)=O)C(O)C1. The highest BCUT2D eigenvalue weighted by Crippen LogP contribution is 2.40. The van der Waals surface area contributed by atoms with Gasteiger partial charge in [-0.1, -0.05) is 13.8 Å². The van der Waals surface area contributed by atoms with Crippen molar-refractivity contribution in [1.29, 1.82) is 0 Å². The van der Waals surface area contributed by atoms with Crippen LogP contribution in [-0.2, 0) is 22.8 Å². The topological polar surface area (TPSA) is 59.3 Å². The van der Waals surface area contributed by atoms with Gasteiger partial charge in [0.1, 0.15) is 9.84 Å². The fourth-order valence-corrected chi connectivity index (χ4v) is 3.19. The van der Waals surface area contributed by atoms with Crippen LogP contribution in [0, 0.1) is 5.41 Å². The molecular formula is C13H21NO3S. The van der Waals surface area contributed by atoms with E-state index in [0.29, 0.717) is 6.54 Å². The molecule has 2 rings (SSSR count). The number of aliphatic hydroxyl groups is 1. The molecule has 0 saturated heterocycles. The van der Waals surface area contributed by atoms with E-state index in [1.54, 1.807) is 0 Å². The molecule has 0 aliphatic heterocycles. The molecule has 0 spiro atoms. The quantitative estimate of drug-likeness (QED) is 0.907. The van der Waals surface area contributed by atoms with Crippen LogP contribution in [0.4, 0.5) is 0 Å². The Morgan fingerprint density at radius 3 is 2.78 bits per heavy atom. The fourth-order valence-electron chi connectivity index (χ4n) is 2.66. The van der Waals surface area contributed by atoms with Crippen LogP contribution in [0.2, 0.25) is 0 Å². The summed E-state index contributed by atoms with van der Waals surface area (Å²) in [6.07, 6.45) is 4.36. The molecule has 4 nitrogen and oxygen atoms in total. The Labute approximate surface area is 109 Å². The van der Waals surface area contributed by atoms with Gasteiger partial charge in [-0.3, -0.25) is 0 Å². The van der Waals surface area contributed by atoms with Crippen molar-refractivity contribution in [1.82, 2.24) is 4.57 Å². The Kier molecular flexibility index (Phi) is 3.32. The Balaban J connectivity index is 2.26. The highest BCUT2D eigenvalue weighted by atomic mass is 32.2. The lowest BCUT2D eigenvalue weighted by Gasteiger charge is -2.33. The molecule has 0 fully saturated rings. The summed E-state index contributed by atoms with van der Waals surface area (Å²) in [5, 5.41) is 10.1. The molecule has 1 aliphatic carbocycles. The van der Waals surface area contributed by atoms with E-state index in [-0.39, 0.29) is 11.2 Å². The smallest absolute Gasteiger partial charge is 0.149 e. The zero-order valence-electron chi connectivity index (χ0n) is 11.2. The molecular weight excluding hydrogens is 250 g/mol. The number of hydrogen-bond donors (Lipinski definition) is 1. The Morgan fingerprint density at radius 2 is 2.17 bits per heavy atom. The van der Waals surface area contributed by atoms with Crippen LogP contribution in [0.3, 0.4) is 0 Å². The first-order valence-electron chi connectivity index (χ1n) is 6.22. The summed E-state index contributed by atoms with van der Waals surface area (Å²) in [5.41, 5.74) is 2.11. The molecule has 1 N–H and O–H groups in total. The minimum absolute atomic E-state index is 0.0631. The maximum Gasteiger partial charge on any atom is 0.149 e. The van der Waals surface area contributed by atoms with Crippen molar-refractivity contribution in [3.8, 4) is 0 Å². The van der Waals surface area contributed by atoms with E-state index < -0.39 is 15.9 Å². The second-order valence-electron chi connectivity index (χ2n) is 6.10. The first-order chi connectivity index (χ1) is 8.18. The molecule has 0 saturated carbocycles. The van der Waals surface area contributed by atoms with Gasteiger partial charge in [0, 0.05) is 30.3 Å². The maximum absolute atomic E-state index is 11.2. The lowest BCUT2D eigenvalue weighted by Crippen LogP contribution is -2.27. The summed E-state index contributed by atoms with van der Waals surface area (Å²) >= 11 is 0. The summed E-state index contributed by atoms with van der Waals surface area (Å²) in [6, 6.07) is 1.91. The van der Waals surface area contributed by atoms with Crippen LogP contribution in [0.25, 0.3) is 0 Å². The molecule has 1 aromatic rings. The number of rotatable bonds is 3. The molecule has 1 heterocycles. The number of aliphatic hydroxyl groups excluding tert-OH is 1. The molecule has 5 heteroatoms. The molecule has 1 atom stereocenters. The highest BCUT2D eigenvalue weighted by molar-refractivity contribution is 7.90. The van der Waals surface area contributed by atoms with Gasteiger partial charge in [-0.25, -0.2) is 8.42 Å². The number of aryl methyl sites for hydroxylation is 1. The Hall–Kier alpha value is -0.810. The van der Waals surface area contributed by atoms with Gasteiger partial charge in [0.05, 0.1) is 11.9 Å². The van der Waals surface area contributed by atoms with Crippen LogP contribution in [-0.4, -0.2) is 30.1 Å². The summed E-state index contributed by atoms with van der Waals surface area (Å²) in [7, 11) is -2.95. The zero-order valence-corrected chi connectivity index (χ0v) is 12.0. The Bertz CT molecular complexity index is 543. The van der Waals surface area contributed by atoms with Crippen molar-refractivity contribution < 1.29 is 13.5 Å². The molecule has 0 bridgehead atoms. The third-order valence-corrected chi connectivity index (χ3v) is 4.49. The molecule has 0 radical (unpaired) electrons. The standard InChI is InChI=1S/C13H21NO3S/c1-13(2)8-11-10(12(15)9-13)4-5-14(11)6-7-18(3,16)17/h4-5,12,15H,6-9H2,1-3H3. The Morgan fingerprint density at radius 1 is 1.50 bits per heavy atom. The highest BCUT2D eigenvalue weighted by Gasteiger charge is 2.33. The molecule has 102 valence electrons. The monoisotopic (exact) mass is 271 g/mol. The van der Waals surface area contributed by atoms with Gasteiger partial charge < -0.3 is 9.67 Å². The predicted octanol–water partition coefficient (Wildman–Crippen LogP) is 1.54. The lowest BCUT2D eigenvalue weighted by atomic mass is 9.75. The average molecular weight is 271 g/mol. The number of sulfone groups is 1. The second kappa shape index (κ2) is 4.38. The molecule has 1 aromatic heterocycles. The third-order valence-electron chi connectivity index (χ3n) is 3.57. The van der Waals surface area contributed by atoms with Crippen molar-refractivity contribution in [2.75, 3.05) is 12.0 Å². The first-order valence-corrected chi connectivity index (χ1v) is 8.28. The number of hydrogen-bond acceptors (Lipinski definition) is 3. The molecule has 0 amide bonds. The predicted molar refractivity (Wildman–Crippen MR) is 71.2 cm³/mol. The average Bonchev–Trinajstić information content (AvgIpc) is 2.55. The summed E-state index contributed by atoms with van der Waals surface area (Å²) < 4.78 is 24.4. The van der Waals surface area contributed by atoms with Gasteiger partial charge in [-0.2, -0.15) is 0 Å². The van der Waals surface area contributed by atoms with Gasteiger partial charge in [-0.05, 0) is 24.3 Å². The van der Waals surface area contributed by atoms with Gasteiger partial charge in [0.25, 0.3) is 0 Å². The summed E-state index contributed by atoms with van der Waals surface area (Å²) in [5.74, 6) is 0.143. The second-order valence-corrected chi connectivity index (χ2v) is 8.36. The lowest BCUT2D eigenvalue weighted by molar-refractivity contribution is 0.0980. The normalized spacial score (nSPS) is 22.8. The largest absolute Gasteiger partial charge is 0.388 e. The minimum atomic E-state index is -2.95. The van der Waals surface area contributed by atoms with Crippen LogP contribution < -0.4 is 0 Å². The van der Waals surface area contributed by atoms with Crippen molar-refractivity contribution in [3.05, 3.63) is 23.5 Å². The summed E-state index contributed by atoms with van der Waals surface area (Å²) in [4.78, 5) is 0. The van der Waals surface area contributed by atoms with E-state index in [2.05, 4.69) is 13.8 Å². The molecule has 1 unspecified atom stereocenters. The minimum Gasteiger partial charge on any atom is -0.388 e. The van der Waals surface area contributed by atoms with Crippen molar-refractivity contribution in [3.63, 3.8) is 0 Å².